The second kappa shape index (κ2) is 8.38. The molecule has 1 aromatic carbocycles. The van der Waals surface area contributed by atoms with Crippen LogP contribution in [0.5, 0.6) is 5.75 Å². The van der Waals surface area contributed by atoms with Crippen molar-refractivity contribution in [1.82, 2.24) is 25.1 Å². The number of anilines is 2. The van der Waals surface area contributed by atoms with E-state index < -0.39 is 5.82 Å². The maximum atomic E-state index is 14.1. The number of nitrogens with zero attached hydrogens (tertiary/aromatic N) is 5. The van der Waals surface area contributed by atoms with Crippen molar-refractivity contribution in [2.75, 3.05) is 23.3 Å². The zero-order valence-electron chi connectivity index (χ0n) is 17.6. The van der Waals surface area contributed by atoms with Crippen LogP contribution < -0.4 is 15.0 Å². The summed E-state index contributed by atoms with van der Waals surface area (Å²) >= 11 is 5.81. The Morgan fingerprint density at radius 2 is 2.06 bits per heavy atom. The van der Waals surface area contributed by atoms with Gasteiger partial charge in [0, 0.05) is 30.9 Å². The molecule has 32 heavy (non-hydrogen) atoms. The summed E-state index contributed by atoms with van der Waals surface area (Å²) in [7, 11) is 0. The Morgan fingerprint density at radius 1 is 1.28 bits per heavy atom. The van der Waals surface area contributed by atoms with Crippen molar-refractivity contribution in [2.24, 2.45) is 11.8 Å². The van der Waals surface area contributed by atoms with E-state index in [-0.39, 0.29) is 22.6 Å². The van der Waals surface area contributed by atoms with Gasteiger partial charge in [-0.1, -0.05) is 24.2 Å². The predicted molar refractivity (Wildman–Crippen MR) is 120 cm³/mol. The molecule has 2 N–H and O–H groups in total. The number of hydrogen-bond donors (Lipinski definition) is 2. The topological polar surface area (TPSA) is 91.8 Å². The second-order valence-corrected chi connectivity index (χ2v) is 8.68. The van der Waals surface area contributed by atoms with Gasteiger partial charge >= 0.3 is 0 Å². The van der Waals surface area contributed by atoms with Crippen LogP contribution in [0, 0.1) is 24.6 Å². The number of piperidine rings is 1. The van der Waals surface area contributed by atoms with Crippen LogP contribution in [0.4, 0.5) is 16.2 Å². The lowest BCUT2D eigenvalue weighted by Crippen LogP contribution is -2.48. The van der Waals surface area contributed by atoms with E-state index in [4.69, 9.17) is 16.3 Å². The minimum Gasteiger partial charge on any atom is -0.451 e. The molecule has 10 heteroatoms. The van der Waals surface area contributed by atoms with Crippen LogP contribution in [0.3, 0.4) is 0 Å². The van der Waals surface area contributed by atoms with Crippen molar-refractivity contribution in [2.45, 2.75) is 25.8 Å². The van der Waals surface area contributed by atoms with Gasteiger partial charge in [0.2, 0.25) is 5.95 Å². The summed E-state index contributed by atoms with van der Waals surface area (Å²) < 4.78 is 19.6. The van der Waals surface area contributed by atoms with E-state index >= 15 is 0 Å². The number of aromatic amines is 1. The molecular formula is C22H23ClFN7O. The van der Waals surface area contributed by atoms with Gasteiger partial charge in [0.1, 0.15) is 12.1 Å². The van der Waals surface area contributed by atoms with Crippen LogP contribution in [0.2, 0.25) is 5.02 Å². The SMILES string of the molecule is C=C(Oc1cccc(Cl)c1F)c1nc(NC2C3CCC2CN(c2cc(C)ncn2)C3)n[nH]1. The summed E-state index contributed by atoms with van der Waals surface area (Å²) in [4.78, 5) is 15.4. The molecule has 0 spiro atoms. The highest BCUT2D eigenvalue weighted by atomic mass is 35.5. The fourth-order valence-electron chi connectivity index (χ4n) is 4.60. The molecule has 1 saturated carbocycles. The number of hydrogen-bond acceptors (Lipinski definition) is 7. The van der Waals surface area contributed by atoms with Gasteiger partial charge in [-0.2, -0.15) is 4.98 Å². The molecular weight excluding hydrogens is 433 g/mol. The number of H-pyrrole nitrogens is 1. The van der Waals surface area contributed by atoms with Gasteiger partial charge in [-0.15, -0.1) is 5.10 Å². The molecule has 3 heterocycles. The Labute approximate surface area is 189 Å². The second-order valence-electron chi connectivity index (χ2n) is 8.28. The van der Waals surface area contributed by atoms with Crippen molar-refractivity contribution in [3.63, 3.8) is 0 Å². The smallest absolute Gasteiger partial charge is 0.242 e. The molecule has 0 radical (unpaired) electrons. The van der Waals surface area contributed by atoms with E-state index in [0.717, 1.165) is 37.4 Å². The molecule has 8 nitrogen and oxygen atoms in total. The van der Waals surface area contributed by atoms with Crippen LogP contribution in [-0.4, -0.2) is 44.3 Å². The Kier molecular flexibility index (Phi) is 5.42. The largest absolute Gasteiger partial charge is 0.451 e. The Hall–Kier alpha value is -3.20. The summed E-state index contributed by atoms with van der Waals surface area (Å²) in [5.74, 6) is 2.21. The molecule has 5 rings (SSSR count). The summed E-state index contributed by atoms with van der Waals surface area (Å²) in [5.41, 5.74) is 0.968. The maximum Gasteiger partial charge on any atom is 0.242 e. The maximum absolute atomic E-state index is 14.1. The highest BCUT2D eigenvalue weighted by molar-refractivity contribution is 6.30. The average Bonchev–Trinajstić information content (AvgIpc) is 3.33. The number of aromatic nitrogens is 5. The van der Waals surface area contributed by atoms with E-state index in [1.807, 2.05) is 13.0 Å². The van der Waals surface area contributed by atoms with Gasteiger partial charge in [0.25, 0.3) is 0 Å². The zero-order valence-corrected chi connectivity index (χ0v) is 18.3. The standard InChI is InChI=1S/C22H23ClFN7O/c1-12-8-18(26-11-25-12)31-9-14-6-7-15(10-31)20(14)27-22-28-21(29-30-22)13(2)32-17-5-3-4-16(23)19(17)24/h3-5,8,11,14-15,20H,2,6-7,9-10H2,1H3,(H2,27,28,29,30). The minimum absolute atomic E-state index is 0.0150. The van der Waals surface area contributed by atoms with Crippen molar-refractivity contribution < 1.29 is 9.13 Å². The van der Waals surface area contributed by atoms with Crippen LogP contribution in [0.15, 0.2) is 37.2 Å². The molecule has 3 aromatic rings. The molecule has 2 unspecified atom stereocenters. The highest BCUT2D eigenvalue weighted by Crippen LogP contribution is 2.39. The van der Waals surface area contributed by atoms with Gasteiger partial charge in [-0.3, -0.25) is 5.10 Å². The first kappa shape index (κ1) is 20.7. The van der Waals surface area contributed by atoms with Gasteiger partial charge in [-0.05, 0) is 43.7 Å². The summed E-state index contributed by atoms with van der Waals surface area (Å²) in [5, 5.41) is 10.5. The normalized spacial score (nSPS) is 22.1. The quantitative estimate of drug-likeness (QED) is 0.541. The van der Waals surface area contributed by atoms with Crippen molar-refractivity contribution in [3.05, 3.63) is 59.5 Å². The van der Waals surface area contributed by atoms with Crippen LogP contribution >= 0.6 is 11.6 Å². The summed E-state index contributed by atoms with van der Waals surface area (Å²) in [6, 6.07) is 6.84. The third kappa shape index (κ3) is 4.00. The third-order valence-corrected chi connectivity index (χ3v) is 6.43. The first-order chi connectivity index (χ1) is 15.5. The number of benzene rings is 1. The lowest BCUT2D eigenvalue weighted by Gasteiger charge is -2.38. The molecule has 2 fully saturated rings. The highest BCUT2D eigenvalue weighted by Gasteiger charge is 2.42. The Morgan fingerprint density at radius 3 is 2.81 bits per heavy atom. The van der Waals surface area contributed by atoms with Crippen LogP contribution in [-0.2, 0) is 0 Å². The molecule has 1 aliphatic heterocycles. The molecule has 0 amide bonds. The van der Waals surface area contributed by atoms with Gasteiger partial charge in [-0.25, -0.2) is 14.4 Å². The number of aryl methyl sites for hydroxylation is 1. The van der Waals surface area contributed by atoms with Gasteiger partial charge in [0.15, 0.2) is 23.2 Å². The van der Waals surface area contributed by atoms with Crippen LogP contribution in [0.25, 0.3) is 5.76 Å². The summed E-state index contributed by atoms with van der Waals surface area (Å²) in [6.07, 6.45) is 3.91. The molecule has 2 aliphatic rings. The molecule has 1 saturated heterocycles. The molecule has 2 atom stereocenters. The lowest BCUT2D eigenvalue weighted by atomic mass is 9.92. The number of ether oxygens (including phenoxy) is 1. The van der Waals surface area contributed by atoms with E-state index in [2.05, 4.69) is 41.9 Å². The van der Waals surface area contributed by atoms with E-state index in [9.17, 15) is 4.39 Å². The van der Waals surface area contributed by atoms with Gasteiger partial charge < -0.3 is 15.0 Å². The average molecular weight is 456 g/mol. The molecule has 1 aliphatic carbocycles. The number of nitrogens with one attached hydrogen (secondary N) is 2. The van der Waals surface area contributed by atoms with Crippen LogP contribution in [0.1, 0.15) is 24.4 Å². The third-order valence-electron chi connectivity index (χ3n) is 6.14. The van der Waals surface area contributed by atoms with Crippen molar-refractivity contribution in [3.8, 4) is 5.75 Å². The minimum atomic E-state index is -0.643. The van der Waals surface area contributed by atoms with Crippen molar-refractivity contribution >= 4 is 29.1 Å². The molecule has 2 bridgehead atoms. The lowest BCUT2D eigenvalue weighted by molar-refractivity contribution is 0.375. The van der Waals surface area contributed by atoms with Crippen molar-refractivity contribution in [1.29, 1.82) is 0 Å². The number of fused-ring (bicyclic) bond motifs is 2. The Balaban J connectivity index is 1.24. The summed E-state index contributed by atoms with van der Waals surface area (Å²) in [6.45, 7) is 7.66. The van der Waals surface area contributed by atoms with E-state index in [0.29, 0.717) is 23.6 Å². The molecule has 2 aromatic heterocycles. The van der Waals surface area contributed by atoms with Gasteiger partial charge in [0.05, 0.1) is 5.02 Å². The monoisotopic (exact) mass is 455 g/mol. The zero-order chi connectivity index (χ0) is 22.2. The molecule has 166 valence electrons. The fraction of sp³-hybridized carbons (Fsp3) is 0.364. The van der Waals surface area contributed by atoms with E-state index in [1.165, 1.54) is 12.1 Å². The van der Waals surface area contributed by atoms with E-state index in [1.54, 1.807) is 12.4 Å². The fourth-order valence-corrected chi connectivity index (χ4v) is 4.77. The first-order valence-electron chi connectivity index (χ1n) is 10.5. The Bertz CT molecular complexity index is 1140. The predicted octanol–water partition coefficient (Wildman–Crippen LogP) is 4.07. The number of halogens is 2. The number of rotatable bonds is 6. The first-order valence-corrected chi connectivity index (χ1v) is 10.9.